The quantitative estimate of drug-likeness (QED) is 0.191. The minimum atomic E-state index is -0.329. The highest BCUT2D eigenvalue weighted by Crippen LogP contribution is 2.28. The van der Waals surface area contributed by atoms with Crippen LogP contribution >= 0.6 is 0 Å². The molecule has 30 heavy (non-hydrogen) atoms. The van der Waals surface area contributed by atoms with Crippen molar-refractivity contribution in [2.75, 3.05) is 6.61 Å². The molecule has 2 unspecified atom stereocenters. The van der Waals surface area contributed by atoms with Crippen LogP contribution in [0.25, 0.3) is 0 Å². The predicted molar refractivity (Wildman–Crippen MR) is 124 cm³/mol. The monoisotopic (exact) mass is 410 g/mol. The lowest BCUT2D eigenvalue weighted by Gasteiger charge is -2.17. The Kier molecular flexibility index (Phi) is 10.6. The van der Waals surface area contributed by atoms with Crippen molar-refractivity contribution in [1.82, 2.24) is 0 Å². The van der Waals surface area contributed by atoms with Crippen molar-refractivity contribution in [2.45, 2.75) is 84.7 Å². The molecule has 0 aromatic heterocycles. The molecule has 0 N–H and O–H groups in total. The third kappa shape index (κ3) is 7.60. The number of hydrogen-bond donors (Lipinski definition) is 0. The van der Waals surface area contributed by atoms with Crippen molar-refractivity contribution in [3.63, 3.8) is 0 Å². The van der Waals surface area contributed by atoms with E-state index in [2.05, 4.69) is 32.9 Å². The molecule has 0 saturated heterocycles. The summed E-state index contributed by atoms with van der Waals surface area (Å²) in [5, 5.41) is 0. The van der Waals surface area contributed by atoms with Gasteiger partial charge in [0.2, 0.25) is 0 Å². The minimum Gasteiger partial charge on any atom is -0.423 e. The smallest absolute Gasteiger partial charge is 0.343 e. The third-order valence-electron chi connectivity index (χ3n) is 5.59. The summed E-state index contributed by atoms with van der Waals surface area (Å²) in [5.41, 5.74) is 2.96. The molecule has 0 heterocycles. The molecule has 164 valence electrons. The molecule has 0 fully saturated rings. The summed E-state index contributed by atoms with van der Waals surface area (Å²) >= 11 is 0. The average molecular weight is 411 g/mol. The normalized spacial score (nSPS) is 13.1. The molecule has 0 spiro atoms. The Morgan fingerprint density at radius 1 is 0.800 bits per heavy atom. The molecule has 0 bridgehead atoms. The van der Waals surface area contributed by atoms with Gasteiger partial charge in [-0.25, -0.2) is 4.79 Å². The fourth-order valence-corrected chi connectivity index (χ4v) is 3.64. The van der Waals surface area contributed by atoms with Crippen LogP contribution in [-0.2, 0) is 4.74 Å². The van der Waals surface area contributed by atoms with Crippen LogP contribution in [0.5, 0.6) is 5.75 Å². The van der Waals surface area contributed by atoms with Crippen molar-refractivity contribution in [2.24, 2.45) is 0 Å². The number of unbranched alkanes of at least 4 members (excludes halogenated alkanes) is 2. The van der Waals surface area contributed by atoms with Crippen molar-refractivity contribution >= 4 is 5.97 Å². The van der Waals surface area contributed by atoms with Crippen LogP contribution in [0.2, 0.25) is 0 Å². The summed E-state index contributed by atoms with van der Waals surface area (Å²) in [6, 6.07) is 15.6. The first-order valence-electron chi connectivity index (χ1n) is 11.6. The van der Waals surface area contributed by atoms with E-state index in [4.69, 9.17) is 9.47 Å². The minimum absolute atomic E-state index is 0.0259. The van der Waals surface area contributed by atoms with Gasteiger partial charge in [-0.2, -0.15) is 0 Å². The van der Waals surface area contributed by atoms with E-state index < -0.39 is 0 Å². The van der Waals surface area contributed by atoms with Crippen molar-refractivity contribution < 1.29 is 14.3 Å². The Balaban J connectivity index is 1.95. The maximum atomic E-state index is 12.5. The van der Waals surface area contributed by atoms with E-state index in [0.29, 0.717) is 17.2 Å². The maximum absolute atomic E-state index is 12.5. The summed E-state index contributed by atoms with van der Waals surface area (Å²) in [4.78, 5) is 12.5. The highest BCUT2D eigenvalue weighted by molar-refractivity contribution is 5.91. The largest absolute Gasteiger partial charge is 0.423 e. The second kappa shape index (κ2) is 13.2. The van der Waals surface area contributed by atoms with Crippen LogP contribution < -0.4 is 4.74 Å². The fourth-order valence-electron chi connectivity index (χ4n) is 3.64. The summed E-state index contributed by atoms with van der Waals surface area (Å²) < 4.78 is 11.4. The highest BCUT2D eigenvalue weighted by atomic mass is 16.5. The van der Waals surface area contributed by atoms with Crippen LogP contribution in [0, 0.1) is 0 Å². The van der Waals surface area contributed by atoms with Gasteiger partial charge < -0.3 is 9.47 Å². The van der Waals surface area contributed by atoms with Gasteiger partial charge in [0.05, 0.1) is 11.7 Å². The van der Waals surface area contributed by atoms with Crippen LogP contribution in [0.4, 0.5) is 0 Å². The first kappa shape index (κ1) is 24.1. The van der Waals surface area contributed by atoms with Gasteiger partial charge in [-0.3, -0.25) is 0 Å². The molecule has 2 atom stereocenters. The number of ether oxygens (including phenoxy) is 2. The van der Waals surface area contributed by atoms with Crippen LogP contribution in [0.1, 0.15) is 106 Å². The van der Waals surface area contributed by atoms with Gasteiger partial charge in [0.1, 0.15) is 5.75 Å². The van der Waals surface area contributed by atoms with E-state index in [1.807, 2.05) is 43.3 Å². The summed E-state index contributed by atoms with van der Waals surface area (Å²) in [6.45, 7) is 9.42. The molecule has 0 saturated carbocycles. The molecule has 3 nitrogen and oxygen atoms in total. The molecular weight excluding hydrogens is 372 g/mol. The van der Waals surface area contributed by atoms with Gasteiger partial charge in [-0.1, -0.05) is 70.7 Å². The van der Waals surface area contributed by atoms with Crippen molar-refractivity contribution in [1.29, 1.82) is 0 Å². The summed E-state index contributed by atoms with van der Waals surface area (Å²) in [7, 11) is 0. The van der Waals surface area contributed by atoms with E-state index in [1.54, 1.807) is 0 Å². The molecule has 2 aromatic rings. The predicted octanol–water partition coefficient (Wildman–Crippen LogP) is 7.86. The molecule has 0 aliphatic carbocycles. The Labute approximate surface area is 182 Å². The molecule has 0 aliphatic rings. The van der Waals surface area contributed by atoms with Crippen molar-refractivity contribution in [3.05, 3.63) is 65.2 Å². The SMILES string of the molecule is CCCCOC(C)c1ccc(C(=O)Oc2ccc(C(CCC)CCCC)cc2)cc1. The molecular formula is C27H38O3. The molecule has 0 radical (unpaired) electrons. The lowest BCUT2D eigenvalue weighted by Crippen LogP contribution is -2.09. The zero-order valence-corrected chi connectivity index (χ0v) is 19.2. The molecule has 0 aliphatic heterocycles. The van der Waals surface area contributed by atoms with Crippen LogP contribution in [-0.4, -0.2) is 12.6 Å². The fraction of sp³-hybridized carbons (Fsp3) is 0.519. The van der Waals surface area contributed by atoms with Gasteiger partial charge in [-0.05, 0) is 67.5 Å². The topological polar surface area (TPSA) is 35.5 Å². The highest BCUT2D eigenvalue weighted by Gasteiger charge is 2.13. The van der Waals surface area contributed by atoms with Crippen molar-refractivity contribution in [3.8, 4) is 5.75 Å². The summed E-state index contributed by atoms with van der Waals surface area (Å²) in [6.07, 6.45) is 8.28. The molecule has 0 amide bonds. The number of hydrogen-bond acceptors (Lipinski definition) is 3. The Morgan fingerprint density at radius 2 is 1.43 bits per heavy atom. The van der Waals surface area contributed by atoms with E-state index in [1.165, 1.54) is 37.7 Å². The Bertz CT molecular complexity index is 734. The molecule has 2 aromatic carbocycles. The number of carbonyl (C=O) groups excluding carboxylic acids is 1. The molecule has 3 heteroatoms. The number of benzene rings is 2. The van der Waals surface area contributed by atoms with Gasteiger partial charge in [-0.15, -0.1) is 0 Å². The van der Waals surface area contributed by atoms with E-state index in [9.17, 15) is 4.79 Å². The Hall–Kier alpha value is -2.13. The zero-order valence-electron chi connectivity index (χ0n) is 19.2. The number of esters is 1. The second-order valence-electron chi connectivity index (χ2n) is 8.07. The number of carbonyl (C=O) groups is 1. The van der Waals surface area contributed by atoms with Crippen LogP contribution in [0.3, 0.4) is 0 Å². The van der Waals surface area contributed by atoms with Gasteiger partial charge in [0.25, 0.3) is 0 Å². The second-order valence-corrected chi connectivity index (χ2v) is 8.07. The Morgan fingerprint density at radius 3 is 2.03 bits per heavy atom. The van der Waals surface area contributed by atoms with E-state index in [0.717, 1.165) is 25.0 Å². The van der Waals surface area contributed by atoms with E-state index in [-0.39, 0.29) is 12.1 Å². The first-order chi connectivity index (χ1) is 14.6. The standard InChI is InChI=1S/C27H38O3/c1-5-8-11-23(10-7-3)24-16-18-26(19-17-24)30-27(28)25-14-12-22(13-15-25)21(4)29-20-9-6-2/h12-19,21,23H,5-11,20H2,1-4H3. The molecule has 2 rings (SSSR count). The van der Waals surface area contributed by atoms with E-state index >= 15 is 0 Å². The summed E-state index contributed by atoms with van der Waals surface area (Å²) in [5.74, 6) is 0.855. The van der Waals surface area contributed by atoms with Gasteiger partial charge in [0, 0.05) is 6.61 Å². The van der Waals surface area contributed by atoms with Gasteiger partial charge in [0.15, 0.2) is 0 Å². The van der Waals surface area contributed by atoms with Gasteiger partial charge >= 0.3 is 5.97 Å². The maximum Gasteiger partial charge on any atom is 0.343 e. The number of rotatable bonds is 13. The van der Waals surface area contributed by atoms with Crippen LogP contribution in [0.15, 0.2) is 48.5 Å². The lowest BCUT2D eigenvalue weighted by atomic mass is 9.90. The average Bonchev–Trinajstić information content (AvgIpc) is 2.77. The lowest BCUT2D eigenvalue weighted by molar-refractivity contribution is 0.0635. The third-order valence-corrected chi connectivity index (χ3v) is 5.59. The zero-order chi connectivity index (χ0) is 21.8. The first-order valence-corrected chi connectivity index (χ1v) is 11.6.